The van der Waals surface area contributed by atoms with E-state index in [4.69, 9.17) is 4.74 Å². The molecule has 0 aliphatic carbocycles. The van der Waals surface area contributed by atoms with Crippen molar-refractivity contribution < 1.29 is 23.4 Å². The molecular weight excluding hydrogens is 458 g/mol. The Morgan fingerprint density at radius 2 is 1.28 bits per heavy atom. The molecule has 0 aliphatic rings. The molecule has 0 unspecified atom stereocenters. The molecule has 0 saturated carbocycles. The lowest BCUT2D eigenvalue weighted by atomic mass is 9.98. The number of halogens is 2. The molecule has 36 heavy (non-hydrogen) atoms. The van der Waals surface area contributed by atoms with Crippen LogP contribution >= 0.6 is 0 Å². The number of ether oxygens (including phenoxy) is 1. The fraction of sp³-hybridized carbons (Fsp3) is 0.581. The summed E-state index contributed by atoms with van der Waals surface area (Å²) < 4.78 is 35.1. The SMILES string of the molecule is CCCCCCCCCOc1c(-c2ccc(CCCCCCCCC)cc2)cc(C(=O)O)c(F)c1F. The Kier molecular flexibility index (Phi) is 14.2. The third-order valence-electron chi connectivity index (χ3n) is 6.72. The van der Waals surface area contributed by atoms with Crippen LogP contribution in [0.2, 0.25) is 0 Å². The van der Waals surface area contributed by atoms with E-state index in [0.29, 0.717) is 5.56 Å². The van der Waals surface area contributed by atoms with Crippen LogP contribution in [-0.2, 0) is 6.42 Å². The Hall–Kier alpha value is -2.43. The average Bonchev–Trinajstić information content (AvgIpc) is 2.87. The molecule has 2 rings (SSSR count). The molecule has 0 saturated heterocycles. The number of carboxylic acid groups (broad SMARTS) is 1. The minimum Gasteiger partial charge on any atom is -0.490 e. The number of hydrogen-bond donors (Lipinski definition) is 1. The molecule has 200 valence electrons. The zero-order valence-electron chi connectivity index (χ0n) is 22.2. The van der Waals surface area contributed by atoms with Crippen molar-refractivity contribution in [3.63, 3.8) is 0 Å². The summed E-state index contributed by atoms with van der Waals surface area (Å²) in [7, 11) is 0. The summed E-state index contributed by atoms with van der Waals surface area (Å²) in [6.45, 7) is 4.66. The molecule has 0 spiro atoms. The highest BCUT2D eigenvalue weighted by Crippen LogP contribution is 2.36. The van der Waals surface area contributed by atoms with Gasteiger partial charge in [-0.3, -0.25) is 0 Å². The minimum atomic E-state index is -1.50. The van der Waals surface area contributed by atoms with E-state index in [1.165, 1.54) is 75.8 Å². The summed E-state index contributed by atoms with van der Waals surface area (Å²) in [5.74, 6) is -4.32. The first-order valence-corrected chi connectivity index (χ1v) is 14.0. The summed E-state index contributed by atoms with van der Waals surface area (Å²) in [4.78, 5) is 11.5. The van der Waals surface area contributed by atoms with E-state index < -0.39 is 23.2 Å². The van der Waals surface area contributed by atoms with Gasteiger partial charge in [-0.05, 0) is 36.5 Å². The minimum absolute atomic E-state index is 0.205. The molecular formula is C31H44F2O3. The lowest BCUT2D eigenvalue weighted by molar-refractivity contribution is 0.0690. The third kappa shape index (κ3) is 9.91. The maximum Gasteiger partial charge on any atom is 0.338 e. The second-order valence-electron chi connectivity index (χ2n) is 9.77. The van der Waals surface area contributed by atoms with Gasteiger partial charge < -0.3 is 9.84 Å². The normalized spacial score (nSPS) is 11.1. The molecule has 0 atom stereocenters. The van der Waals surface area contributed by atoms with E-state index >= 15 is 0 Å². The van der Waals surface area contributed by atoms with Gasteiger partial charge in [0.05, 0.1) is 12.2 Å². The molecule has 2 aromatic carbocycles. The fourth-order valence-electron chi connectivity index (χ4n) is 4.49. The largest absolute Gasteiger partial charge is 0.490 e. The fourth-order valence-corrected chi connectivity index (χ4v) is 4.49. The Morgan fingerprint density at radius 1 is 0.750 bits per heavy atom. The van der Waals surface area contributed by atoms with Crippen LogP contribution in [0.4, 0.5) is 8.78 Å². The number of rotatable bonds is 19. The lowest BCUT2D eigenvalue weighted by Gasteiger charge is -2.15. The first-order chi connectivity index (χ1) is 17.5. The molecule has 2 aromatic rings. The second kappa shape index (κ2) is 17.1. The van der Waals surface area contributed by atoms with Crippen molar-refractivity contribution in [2.45, 2.75) is 110 Å². The number of aryl methyl sites for hydroxylation is 1. The van der Waals surface area contributed by atoms with E-state index in [1.807, 2.05) is 24.3 Å². The number of aromatic carboxylic acids is 1. The van der Waals surface area contributed by atoms with Gasteiger partial charge in [0.2, 0.25) is 5.82 Å². The van der Waals surface area contributed by atoms with Crippen LogP contribution < -0.4 is 4.74 Å². The van der Waals surface area contributed by atoms with E-state index in [9.17, 15) is 18.7 Å². The van der Waals surface area contributed by atoms with Gasteiger partial charge in [0.15, 0.2) is 11.6 Å². The predicted molar refractivity (Wildman–Crippen MR) is 144 cm³/mol. The lowest BCUT2D eigenvalue weighted by Crippen LogP contribution is -2.08. The van der Waals surface area contributed by atoms with Crippen LogP contribution in [0.3, 0.4) is 0 Å². The van der Waals surface area contributed by atoms with E-state index in [1.54, 1.807) is 0 Å². The van der Waals surface area contributed by atoms with Crippen LogP contribution in [0.15, 0.2) is 30.3 Å². The van der Waals surface area contributed by atoms with Gasteiger partial charge in [0.1, 0.15) is 0 Å². The highest BCUT2D eigenvalue weighted by atomic mass is 19.2. The van der Waals surface area contributed by atoms with E-state index in [0.717, 1.165) is 32.1 Å². The number of carboxylic acids is 1. The van der Waals surface area contributed by atoms with Gasteiger partial charge in [-0.1, -0.05) is 115 Å². The van der Waals surface area contributed by atoms with Crippen molar-refractivity contribution in [1.29, 1.82) is 0 Å². The van der Waals surface area contributed by atoms with Crippen molar-refractivity contribution >= 4 is 5.97 Å². The van der Waals surface area contributed by atoms with Crippen LogP contribution in [0.1, 0.15) is 120 Å². The Bertz CT molecular complexity index is 909. The van der Waals surface area contributed by atoms with Gasteiger partial charge in [0.25, 0.3) is 0 Å². The van der Waals surface area contributed by atoms with Crippen LogP contribution in [0.25, 0.3) is 11.1 Å². The quantitative estimate of drug-likeness (QED) is 0.194. The van der Waals surface area contributed by atoms with Crippen LogP contribution in [0, 0.1) is 11.6 Å². The predicted octanol–water partition coefficient (Wildman–Crippen LogP) is 9.75. The van der Waals surface area contributed by atoms with Gasteiger partial charge in [-0.25, -0.2) is 9.18 Å². The second-order valence-corrected chi connectivity index (χ2v) is 9.77. The Labute approximate surface area is 216 Å². The molecule has 0 heterocycles. The average molecular weight is 503 g/mol. The molecule has 0 aromatic heterocycles. The molecule has 5 heteroatoms. The molecule has 1 N–H and O–H groups in total. The number of carbonyl (C=O) groups is 1. The van der Waals surface area contributed by atoms with Crippen molar-refractivity contribution in [3.05, 3.63) is 53.1 Å². The first-order valence-electron chi connectivity index (χ1n) is 14.0. The number of unbranched alkanes of at least 4 members (excludes halogenated alkanes) is 12. The van der Waals surface area contributed by atoms with Crippen LogP contribution in [0.5, 0.6) is 5.75 Å². The number of hydrogen-bond acceptors (Lipinski definition) is 2. The van der Waals surface area contributed by atoms with E-state index in [-0.39, 0.29) is 17.9 Å². The topological polar surface area (TPSA) is 46.5 Å². The summed E-state index contributed by atoms with van der Waals surface area (Å²) in [6.07, 6.45) is 17.3. The van der Waals surface area contributed by atoms with Crippen molar-refractivity contribution in [2.24, 2.45) is 0 Å². The smallest absolute Gasteiger partial charge is 0.338 e. The number of benzene rings is 2. The van der Waals surface area contributed by atoms with Crippen molar-refractivity contribution in [1.82, 2.24) is 0 Å². The van der Waals surface area contributed by atoms with Crippen molar-refractivity contribution in [2.75, 3.05) is 6.61 Å². The Morgan fingerprint density at radius 3 is 1.83 bits per heavy atom. The van der Waals surface area contributed by atoms with Crippen LogP contribution in [-0.4, -0.2) is 17.7 Å². The van der Waals surface area contributed by atoms with Gasteiger partial charge in [-0.15, -0.1) is 0 Å². The molecule has 0 fully saturated rings. The summed E-state index contributed by atoms with van der Waals surface area (Å²) in [5, 5.41) is 9.37. The maximum atomic E-state index is 14.9. The molecule has 0 amide bonds. The summed E-state index contributed by atoms with van der Waals surface area (Å²) in [5.41, 5.74) is 1.39. The zero-order valence-corrected chi connectivity index (χ0v) is 22.2. The van der Waals surface area contributed by atoms with Gasteiger partial charge in [-0.2, -0.15) is 4.39 Å². The molecule has 0 aliphatic heterocycles. The van der Waals surface area contributed by atoms with Gasteiger partial charge >= 0.3 is 5.97 Å². The van der Waals surface area contributed by atoms with E-state index in [2.05, 4.69) is 13.8 Å². The summed E-state index contributed by atoms with van der Waals surface area (Å²) >= 11 is 0. The highest BCUT2D eigenvalue weighted by Gasteiger charge is 2.24. The first kappa shape index (κ1) is 29.8. The van der Waals surface area contributed by atoms with Gasteiger partial charge in [0, 0.05) is 5.56 Å². The highest BCUT2D eigenvalue weighted by molar-refractivity contribution is 5.91. The monoisotopic (exact) mass is 502 g/mol. The zero-order chi connectivity index (χ0) is 26.2. The maximum absolute atomic E-state index is 14.9. The third-order valence-corrected chi connectivity index (χ3v) is 6.72. The molecule has 0 radical (unpaired) electrons. The molecule has 0 bridgehead atoms. The summed E-state index contributed by atoms with van der Waals surface area (Å²) in [6, 6.07) is 8.83. The Balaban J connectivity index is 2.04. The standard InChI is InChI=1S/C31H44F2O3/c1-3-5-7-9-11-13-15-17-24-18-20-25(21-19-24)26-23-27(31(34)35)28(32)29(33)30(26)36-22-16-14-12-10-8-6-4-2/h18-21,23H,3-17,22H2,1-2H3,(H,34,35). The molecule has 3 nitrogen and oxygen atoms in total. The van der Waals surface area contributed by atoms with Crippen molar-refractivity contribution in [3.8, 4) is 16.9 Å².